The van der Waals surface area contributed by atoms with E-state index in [2.05, 4.69) is 0 Å². The molecule has 0 atom stereocenters. The topological polar surface area (TPSA) is 66.9 Å². The van der Waals surface area contributed by atoms with Crippen molar-refractivity contribution in [3.8, 4) is 6.07 Å². The lowest BCUT2D eigenvalue weighted by Gasteiger charge is -1.98. The molecule has 0 bridgehead atoms. The first kappa shape index (κ1) is 10.9. The van der Waals surface area contributed by atoms with Crippen LogP contribution in [0.15, 0.2) is 23.8 Å². The monoisotopic (exact) mass is 204 g/mol. The van der Waals surface area contributed by atoms with E-state index >= 15 is 0 Å². The van der Waals surface area contributed by atoms with Crippen molar-refractivity contribution in [1.82, 2.24) is 0 Å². The number of carbonyl (C=O) groups excluding carboxylic acids is 1. The van der Waals surface area contributed by atoms with Crippen molar-refractivity contribution >= 4 is 12.0 Å². The Kier molecular flexibility index (Phi) is 3.19. The van der Waals surface area contributed by atoms with E-state index < -0.39 is 5.91 Å². The summed E-state index contributed by atoms with van der Waals surface area (Å²) in [7, 11) is 0. The molecule has 1 aromatic carbocycles. The van der Waals surface area contributed by atoms with Crippen molar-refractivity contribution < 1.29 is 9.18 Å². The minimum atomic E-state index is -0.792. The Bertz CT molecular complexity index is 472. The average molecular weight is 204 g/mol. The molecule has 1 amide bonds. The molecule has 3 nitrogen and oxygen atoms in total. The van der Waals surface area contributed by atoms with Crippen LogP contribution in [0.25, 0.3) is 6.08 Å². The molecule has 2 N–H and O–H groups in total. The fraction of sp³-hybridized carbons (Fsp3) is 0.0909. The second-order valence-electron chi connectivity index (χ2n) is 3.04. The van der Waals surface area contributed by atoms with Crippen LogP contribution in [0.4, 0.5) is 4.39 Å². The van der Waals surface area contributed by atoms with Crippen LogP contribution < -0.4 is 5.73 Å². The predicted molar refractivity (Wildman–Crippen MR) is 53.9 cm³/mol. The van der Waals surface area contributed by atoms with E-state index in [9.17, 15) is 9.18 Å². The van der Waals surface area contributed by atoms with Gasteiger partial charge in [-0.05, 0) is 36.3 Å². The Morgan fingerprint density at radius 2 is 2.27 bits per heavy atom. The molecule has 1 aromatic rings. The Hall–Kier alpha value is -2.15. The molecule has 0 saturated heterocycles. The maximum Gasteiger partial charge on any atom is 0.259 e. The smallest absolute Gasteiger partial charge is 0.259 e. The van der Waals surface area contributed by atoms with Gasteiger partial charge < -0.3 is 5.73 Å². The number of benzene rings is 1. The summed E-state index contributed by atoms with van der Waals surface area (Å²) in [5.41, 5.74) is 5.83. The van der Waals surface area contributed by atoms with E-state index in [-0.39, 0.29) is 11.4 Å². The number of hydrogen-bond acceptors (Lipinski definition) is 2. The van der Waals surface area contributed by atoms with Crippen molar-refractivity contribution in [3.05, 3.63) is 40.7 Å². The molecule has 0 unspecified atom stereocenters. The van der Waals surface area contributed by atoms with E-state index in [1.807, 2.05) is 0 Å². The van der Waals surface area contributed by atoms with Crippen molar-refractivity contribution in [2.75, 3.05) is 0 Å². The normalized spacial score (nSPS) is 10.9. The molecule has 0 saturated carbocycles. The highest BCUT2D eigenvalue weighted by Gasteiger charge is 2.04. The van der Waals surface area contributed by atoms with Crippen LogP contribution in [0.1, 0.15) is 11.1 Å². The highest BCUT2D eigenvalue weighted by molar-refractivity contribution is 6.00. The van der Waals surface area contributed by atoms with Crippen LogP contribution >= 0.6 is 0 Å². The van der Waals surface area contributed by atoms with Gasteiger partial charge in [0.1, 0.15) is 17.5 Å². The molecule has 4 heteroatoms. The third-order valence-electron chi connectivity index (χ3n) is 1.88. The van der Waals surface area contributed by atoms with Crippen molar-refractivity contribution in [2.45, 2.75) is 6.92 Å². The molecule has 0 heterocycles. The zero-order chi connectivity index (χ0) is 11.4. The summed E-state index contributed by atoms with van der Waals surface area (Å²) < 4.78 is 12.9. The SMILES string of the molecule is Cc1cc(C=C(C#N)C(N)=O)ccc1F. The Labute approximate surface area is 86.6 Å². The number of nitrogens with two attached hydrogens (primary N) is 1. The summed E-state index contributed by atoms with van der Waals surface area (Å²) in [4.78, 5) is 10.7. The van der Waals surface area contributed by atoms with Crippen molar-refractivity contribution in [3.63, 3.8) is 0 Å². The second kappa shape index (κ2) is 4.38. The number of carbonyl (C=O) groups is 1. The number of primary amides is 1. The van der Waals surface area contributed by atoms with Gasteiger partial charge in [-0.2, -0.15) is 5.26 Å². The minimum Gasteiger partial charge on any atom is -0.365 e. The molecular weight excluding hydrogens is 195 g/mol. The van der Waals surface area contributed by atoms with Gasteiger partial charge in [-0.25, -0.2) is 4.39 Å². The van der Waals surface area contributed by atoms with E-state index in [1.54, 1.807) is 13.0 Å². The van der Waals surface area contributed by atoms with Gasteiger partial charge in [0.25, 0.3) is 5.91 Å². The third-order valence-corrected chi connectivity index (χ3v) is 1.88. The maximum absolute atomic E-state index is 12.9. The number of aryl methyl sites for hydroxylation is 1. The molecule has 0 fully saturated rings. The van der Waals surface area contributed by atoms with Crippen LogP contribution in [-0.4, -0.2) is 5.91 Å². The van der Waals surface area contributed by atoms with E-state index in [1.165, 1.54) is 24.3 Å². The summed E-state index contributed by atoms with van der Waals surface area (Å²) >= 11 is 0. The highest BCUT2D eigenvalue weighted by atomic mass is 19.1. The average Bonchev–Trinajstić information content (AvgIpc) is 2.19. The Balaban J connectivity index is 3.14. The summed E-state index contributed by atoms with van der Waals surface area (Å²) in [6, 6.07) is 5.96. The molecule has 0 aliphatic carbocycles. The summed E-state index contributed by atoms with van der Waals surface area (Å²) in [5, 5.41) is 8.59. The first-order valence-corrected chi connectivity index (χ1v) is 4.22. The fourth-order valence-electron chi connectivity index (χ4n) is 1.08. The summed E-state index contributed by atoms with van der Waals surface area (Å²) in [6.07, 6.45) is 1.33. The standard InChI is InChI=1S/C11H9FN2O/c1-7-4-8(2-3-10(7)12)5-9(6-13)11(14)15/h2-5H,1H3,(H2,14,15). The number of nitriles is 1. The van der Waals surface area contributed by atoms with Gasteiger partial charge in [-0.3, -0.25) is 4.79 Å². The second-order valence-corrected chi connectivity index (χ2v) is 3.04. The molecule has 0 spiro atoms. The molecule has 0 aliphatic heterocycles. The van der Waals surface area contributed by atoms with Crippen molar-refractivity contribution in [1.29, 1.82) is 5.26 Å². The van der Waals surface area contributed by atoms with Gasteiger partial charge in [-0.15, -0.1) is 0 Å². The lowest BCUT2D eigenvalue weighted by molar-refractivity contribution is -0.114. The Morgan fingerprint density at radius 1 is 1.60 bits per heavy atom. The quantitative estimate of drug-likeness (QED) is 0.586. The lowest BCUT2D eigenvalue weighted by Crippen LogP contribution is -2.12. The first-order valence-electron chi connectivity index (χ1n) is 4.22. The molecule has 0 radical (unpaired) electrons. The Morgan fingerprint density at radius 3 is 2.73 bits per heavy atom. The first-order chi connectivity index (χ1) is 7.04. The summed E-state index contributed by atoms with van der Waals surface area (Å²) in [6.45, 7) is 1.60. The minimum absolute atomic E-state index is 0.152. The van der Waals surface area contributed by atoms with Crippen LogP contribution in [0.3, 0.4) is 0 Å². The lowest BCUT2D eigenvalue weighted by atomic mass is 10.1. The van der Waals surface area contributed by atoms with Gasteiger partial charge in [0.2, 0.25) is 0 Å². The third kappa shape index (κ3) is 2.64. The van der Waals surface area contributed by atoms with Crippen LogP contribution in [0.2, 0.25) is 0 Å². The maximum atomic E-state index is 12.9. The van der Waals surface area contributed by atoms with E-state index in [4.69, 9.17) is 11.0 Å². The number of halogens is 1. The van der Waals surface area contributed by atoms with Crippen LogP contribution in [0, 0.1) is 24.1 Å². The van der Waals surface area contributed by atoms with Gasteiger partial charge in [0, 0.05) is 0 Å². The van der Waals surface area contributed by atoms with E-state index in [0.29, 0.717) is 11.1 Å². The number of hydrogen-bond donors (Lipinski definition) is 1. The number of nitrogens with zero attached hydrogens (tertiary/aromatic N) is 1. The molecule has 0 aliphatic rings. The van der Waals surface area contributed by atoms with Crippen molar-refractivity contribution in [2.24, 2.45) is 5.73 Å². The highest BCUT2D eigenvalue weighted by Crippen LogP contribution is 2.12. The zero-order valence-corrected chi connectivity index (χ0v) is 8.12. The van der Waals surface area contributed by atoms with Gasteiger partial charge >= 0.3 is 0 Å². The molecular formula is C11H9FN2O. The zero-order valence-electron chi connectivity index (χ0n) is 8.12. The summed E-state index contributed by atoms with van der Waals surface area (Å²) in [5.74, 6) is -1.12. The number of rotatable bonds is 2. The van der Waals surface area contributed by atoms with Gasteiger partial charge in [0.05, 0.1) is 0 Å². The predicted octanol–water partition coefficient (Wildman–Crippen LogP) is 1.53. The molecule has 0 aromatic heterocycles. The van der Waals surface area contributed by atoms with E-state index in [0.717, 1.165) is 0 Å². The van der Waals surface area contributed by atoms with Gasteiger partial charge in [-0.1, -0.05) is 6.07 Å². The van der Waals surface area contributed by atoms with Crippen LogP contribution in [0.5, 0.6) is 0 Å². The number of amides is 1. The van der Waals surface area contributed by atoms with Gasteiger partial charge in [0.15, 0.2) is 0 Å². The molecule has 15 heavy (non-hydrogen) atoms. The fourth-order valence-corrected chi connectivity index (χ4v) is 1.08. The molecule has 1 rings (SSSR count). The van der Waals surface area contributed by atoms with Crippen LogP contribution in [-0.2, 0) is 4.79 Å². The largest absolute Gasteiger partial charge is 0.365 e. The molecule has 76 valence electrons.